The van der Waals surface area contributed by atoms with Crippen molar-refractivity contribution >= 4 is 11.8 Å². The highest BCUT2D eigenvalue weighted by Gasteiger charge is 2.49. The van der Waals surface area contributed by atoms with Crippen molar-refractivity contribution in [2.24, 2.45) is 0 Å². The molecule has 0 bridgehead atoms. The van der Waals surface area contributed by atoms with Crippen LogP contribution in [0.25, 0.3) is 0 Å². The quantitative estimate of drug-likeness (QED) is 0.739. The van der Waals surface area contributed by atoms with Gasteiger partial charge in [0.1, 0.15) is 0 Å². The van der Waals surface area contributed by atoms with Gasteiger partial charge < -0.3 is 0 Å². The molecule has 2 amide bonds. The van der Waals surface area contributed by atoms with Crippen molar-refractivity contribution < 1.29 is 9.59 Å². The van der Waals surface area contributed by atoms with Gasteiger partial charge in [-0.2, -0.15) is 0 Å². The second-order valence-corrected chi connectivity index (χ2v) is 5.53. The molecule has 20 heavy (non-hydrogen) atoms. The molecule has 0 fully saturated rings. The van der Waals surface area contributed by atoms with Crippen LogP contribution in [-0.4, -0.2) is 11.8 Å². The Morgan fingerprint density at radius 1 is 0.850 bits per heavy atom. The minimum absolute atomic E-state index is 0.169. The van der Waals surface area contributed by atoms with E-state index in [1.165, 1.54) is 11.1 Å². The van der Waals surface area contributed by atoms with E-state index < -0.39 is 5.41 Å². The lowest BCUT2D eigenvalue weighted by Crippen LogP contribution is -2.52. The minimum atomic E-state index is -0.617. The summed E-state index contributed by atoms with van der Waals surface area (Å²) >= 11 is 0. The van der Waals surface area contributed by atoms with Gasteiger partial charge in [-0.05, 0) is 35.6 Å². The standard InChI is InChI=1S/C17H13NO2/c19-15-13-7-3-4-8-14(13)17(16(20)18-15)9-11-5-1-2-6-12(11)10-17/h1-8H,9-10H2,(H,18,19,20). The van der Waals surface area contributed by atoms with Crippen molar-refractivity contribution in [3.8, 4) is 0 Å². The van der Waals surface area contributed by atoms with Gasteiger partial charge in [0.05, 0.1) is 5.41 Å². The van der Waals surface area contributed by atoms with E-state index in [2.05, 4.69) is 17.4 Å². The van der Waals surface area contributed by atoms with Crippen LogP contribution in [0, 0.1) is 0 Å². The first-order valence-corrected chi connectivity index (χ1v) is 6.73. The highest BCUT2D eigenvalue weighted by Crippen LogP contribution is 2.43. The normalized spacial score (nSPS) is 18.6. The average molecular weight is 263 g/mol. The highest BCUT2D eigenvalue weighted by molar-refractivity contribution is 6.13. The Kier molecular flexibility index (Phi) is 2.16. The van der Waals surface area contributed by atoms with E-state index in [4.69, 9.17) is 0 Å². The summed E-state index contributed by atoms with van der Waals surface area (Å²) < 4.78 is 0. The second-order valence-electron chi connectivity index (χ2n) is 5.53. The fourth-order valence-corrected chi connectivity index (χ4v) is 3.48. The van der Waals surface area contributed by atoms with E-state index in [0.29, 0.717) is 18.4 Å². The number of nitrogens with one attached hydrogen (secondary N) is 1. The van der Waals surface area contributed by atoms with E-state index in [1.54, 1.807) is 6.07 Å². The summed E-state index contributed by atoms with van der Waals surface area (Å²) in [5, 5.41) is 2.53. The molecule has 0 saturated carbocycles. The summed E-state index contributed by atoms with van der Waals surface area (Å²) in [6.07, 6.45) is 1.33. The van der Waals surface area contributed by atoms with Crippen molar-refractivity contribution in [1.29, 1.82) is 0 Å². The third kappa shape index (κ3) is 1.35. The maximum absolute atomic E-state index is 12.5. The summed E-state index contributed by atoms with van der Waals surface area (Å²) in [6.45, 7) is 0. The van der Waals surface area contributed by atoms with Gasteiger partial charge in [-0.15, -0.1) is 0 Å². The molecular weight excluding hydrogens is 250 g/mol. The maximum atomic E-state index is 12.5. The lowest BCUT2D eigenvalue weighted by Gasteiger charge is -2.33. The first-order chi connectivity index (χ1) is 9.71. The van der Waals surface area contributed by atoms with Crippen molar-refractivity contribution in [3.63, 3.8) is 0 Å². The van der Waals surface area contributed by atoms with Crippen molar-refractivity contribution in [1.82, 2.24) is 5.32 Å². The third-order valence-corrected chi connectivity index (χ3v) is 4.45. The Morgan fingerprint density at radius 3 is 2.15 bits per heavy atom. The first kappa shape index (κ1) is 11.4. The number of benzene rings is 2. The summed E-state index contributed by atoms with van der Waals surface area (Å²) in [4.78, 5) is 24.5. The molecule has 3 heteroatoms. The smallest absolute Gasteiger partial charge is 0.258 e. The molecule has 1 heterocycles. The fraction of sp³-hybridized carbons (Fsp3) is 0.176. The van der Waals surface area contributed by atoms with Gasteiger partial charge in [-0.1, -0.05) is 42.5 Å². The fourth-order valence-electron chi connectivity index (χ4n) is 3.48. The number of carbonyl (C=O) groups is 2. The molecule has 2 aromatic carbocycles. The number of fused-ring (bicyclic) bond motifs is 3. The van der Waals surface area contributed by atoms with Gasteiger partial charge >= 0.3 is 0 Å². The topological polar surface area (TPSA) is 46.2 Å². The van der Waals surface area contributed by atoms with Gasteiger partial charge in [0.2, 0.25) is 5.91 Å². The maximum Gasteiger partial charge on any atom is 0.258 e. The first-order valence-electron chi connectivity index (χ1n) is 6.73. The van der Waals surface area contributed by atoms with E-state index in [-0.39, 0.29) is 11.8 Å². The molecule has 4 rings (SSSR count). The van der Waals surface area contributed by atoms with Crippen molar-refractivity contribution in [3.05, 3.63) is 70.8 Å². The molecule has 2 aliphatic rings. The van der Waals surface area contributed by atoms with Crippen LogP contribution < -0.4 is 5.32 Å². The van der Waals surface area contributed by atoms with Crippen LogP contribution in [-0.2, 0) is 23.1 Å². The summed E-state index contributed by atoms with van der Waals surface area (Å²) in [7, 11) is 0. The van der Waals surface area contributed by atoms with Gasteiger partial charge in [0.25, 0.3) is 5.91 Å². The van der Waals surface area contributed by atoms with Gasteiger partial charge in [0.15, 0.2) is 0 Å². The van der Waals surface area contributed by atoms with Crippen LogP contribution in [0.1, 0.15) is 27.0 Å². The molecule has 1 spiro atoms. The summed E-state index contributed by atoms with van der Waals surface area (Å²) in [6, 6.07) is 15.6. The Labute approximate surface area is 116 Å². The Balaban J connectivity index is 1.93. The molecule has 0 atom stereocenters. The minimum Gasteiger partial charge on any atom is -0.292 e. The average Bonchev–Trinajstić information content (AvgIpc) is 2.86. The number of hydrogen-bond acceptors (Lipinski definition) is 2. The van der Waals surface area contributed by atoms with Crippen LogP contribution in [0.2, 0.25) is 0 Å². The molecule has 2 aromatic rings. The van der Waals surface area contributed by atoms with Crippen molar-refractivity contribution in [2.75, 3.05) is 0 Å². The molecule has 0 saturated heterocycles. The van der Waals surface area contributed by atoms with Gasteiger partial charge in [-0.25, -0.2) is 0 Å². The molecule has 1 aliphatic heterocycles. The third-order valence-electron chi connectivity index (χ3n) is 4.45. The number of rotatable bonds is 0. The number of hydrogen-bond donors (Lipinski definition) is 1. The highest BCUT2D eigenvalue weighted by atomic mass is 16.2. The molecule has 1 aliphatic carbocycles. The molecule has 1 N–H and O–H groups in total. The predicted octanol–water partition coefficient (Wildman–Crippen LogP) is 1.99. The SMILES string of the molecule is O=C1NC(=O)C2(Cc3ccccc3C2)c2ccccc21. The molecule has 0 radical (unpaired) electrons. The van der Waals surface area contributed by atoms with Crippen LogP contribution >= 0.6 is 0 Å². The van der Waals surface area contributed by atoms with Crippen LogP contribution in [0.5, 0.6) is 0 Å². The zero-order valence-electron chi connectivity index (χ0n) is 10.8. The van der Waals surface area contributed by atoms with E-state index >= 15 is 0 Å². The van der Waals surface area contributed by atoms with Gasteiger partial charge in [0, 0.05) is 5.56 Å². The molecular formula is C17H13NO2. The summed E-state index contributed by atoms with van der Waals surface area (Å²) in [5.74, 6) is -0.454. The second kappa shape index (κ2) is 3.79. The van der Waals surface area contributed by atoms with E-state index in [9.17, 15) is 9.59 Å². The van der Waals surface area contributed by atoms with Crippen LogP contribution in [0.15, 0.2) is 48.5 Å². The molecule has 98 valence electrons. The summed E-state index contributed by atoms with van der Waals surface area (Å²) in [5.41, 5.74) is 3.28. The lowest BCUT2D eigenvalue weighted by molar-refractivity contribution is -0.125. The number of imide groups is 1. The lowest BCUT2D eigenvalue weighted by atomic mass is 9.72. The molecule has 3 nitrogen and oxygen atoms in total. The zero-order valence-corrected chi connectivity index (χ0v) is 10.8. The largest absolute Gasteiger partial charge is 0.292 e. The van der Waals surface area contributed by atoms with Crippen LogP contribution in [0.3, 0.4) is 0 Å². The Hall–Kier alpha value is -2.42. The predicted molar refractivity (Wildman–Crippen MR) is 74.4 cm³/mol. The van der Waals surface area contributed by atoms with E-state index in [0.717, 1.165) is 5.56 Å². The van der Waals surface area contributed by atoms with E-state index in [1.807, 2.05) is 30.3 Å². The molecule has 0 unspecified atom stereocenters. The Bertz CT molecular complexity index is 723. The number of carbonyl (C=O) groups excluding carboxylic acids is 2. The van der Waals surface area contributed by atoms with Crippen molar-refractivity contribution in [2.45, 2.75) is 18.3 Å². The zero-order chi connectivity index (χ0) is 13.7. The Morgan fingerprint density at radius 2 is 1.45 bits per heavy atom. The monoisotopic (exact) mass is 263 g/mol. The number of amides is 2. The molecule has 0 aromatic heterocycles. The van der Waals surface area contributed by atoms with Crippen LogP contribution in [0.4, 0.5) is 0 Å². The van der Waals surface area contributed by atoms with Gasteiger partial charge in [-0.3, -0.25) is 14.9 Å².